The average Bonchev–Trinajstić information content (AvgIpc) is 3.37. The number of fused-ring (bicyclic) bond motifs is 1. The zero-order valence-corrected chi connectivity index (χ0v) is 24.6. The van der Waals surface area contributed by atoms with E-state index in [0.717, 1.165) is 61.4 Å². The molecule has 2 aliphatic rings. The standard InChI is InChI=1S/C31H40ClFN8O/c1-18(34)4-2-5-19-14-24(28(33)25(32)15-19)27-16-21-17-41(31(42)40-29(21)39-27)23-10-8-20(9-11-23)26-7-3-6-22(38-26)12-13-37-30(35)36/h8-11,14-18,22,26,31,38,42H,2-7,12-13,34H2,1H3,(H,39,40)(H4,35,36,37)/t18-,22+,26-,31?/m0/s1. The van der Waals surface area contributed by atoms with Gasteiger partial charge in [0.25, 0.3) is 0 Å². The van der Waals surface area contributed by atoms with Crippen molar-refractivity contribution in [3.8, 4) is 11.3 Å². The van der Waals surface area contributed by atoms with E-state index in [1.165, 1.54) is 5.56 Å². The second-order valence-corrected chi connectivity index (χ2v) is 11.7. The number of nitrogens with zero attached hydrogens (tertiary/aromatic N) is 3. The monoisotopic (exact) mass is 594 g/mol. The molecule has 1 fully saturated rings. The lowest BCUT2D eigenvalue weighted by Crippen LogP contribution is -2.41. The molecule has 2 aliphatic heterocycles. The number of anilines is 1. The Balaban J connectivity index is 1.33. The molecule has 11 heteroatoms. The highest BCUT2D eigenvalue weighted by atomic mass is 35.5. The van der Waals surface area contributed by atoms with Gasteiger partial charge in [0.2, 0.25) is 6.35 Å². The van der Waals surface area contributed by atoms with Gasteiger partial charge in [-0.05, 0) is 86.9 Å². The van der Waals surface area contributed by atoms with Crippen LogP contribution in [0.5, 0.6) is 0 Å². The van der Waals surface area contributed by atoms with Crippen LogP contribution in [-0.4, -0.2) is 41.0 Å². The molecule has 4 atom stereocenters. The number of aromatic amines is 1. The Labute approximate surface area is 250 Å². The van der Waals surface area contributed by atoms with E-state index in [4.69, 9.17) is 28.8 Å². The summed E-state index contributed by atoms with van der Waals surface area (Å²) in [5.41, 5.74) is 21.1. The lowest BCUT2D eigenvalue weighted by atomic mass is 9.92. The maximum atomic E-state index is 15.1. The van der Waals surface area contributed by atoms with Crippen molar-refractivity contribution >= 4 is 29.4 Å². The van der Waals surface area contributed by atoms with E-state index in [1.807, 2.05) is 37.4 Å². The fourth-order valence-electron chi connectivity index (χ4n) is 5.76. The van der Waals surface area contributed by atoms with E-state index in [0.29, 0.717) is 29.3 Å². The number of hydrogen-bond donors (Lipinski definition) is 6. The van der Waals surface area contributed by atoms with Crippen LogP contribution in [0.3, 0.4) is 0 Å². The van der Waals surface area contributed by atoms with Gasteiger partial charge in [0.05, 0.1) is 10.7 Å². The number of halogens is 2. The first kappa shape index (κ1) is 30.0. The number of aliphatic hydroxyl groups excluding tert-OH is 1. The van der Waals surface area contributed by atoms with Crippen LogP contribution in [0, 0.1) is 5.82 Å². The molecular weight excluding hydrogens is 555 g/mol. The van der Waals surface area contributed by atoms with Crippen LogP contribution in [0.4, 0.5) is 10.1 Å². The molecule has 0 saturated carbocycles. The number of aryl methyl sites for hydroxylation is 1. The predicted octanol–water partition coefficient (Wildman–Crippen LogP) is 3.14. The molecule has 3 aromatic rings. The maximum Gasteiger partial charge on any atom is 0.231 e. The van der Waals surface area contributed by atoms with Crippen molar-refractivity contribution in [2.24, 2.45) is 27.2 Å². The van der Waals surface area contributed by atoms with E-state index < -0.39 is 12.2 Å². The topological polar surface area (TPSA) is 154 Å². The molecule has 0 aliphatic carbocycles. The number of rotatable bonds is 10. The number of benzene rings is 2. The lowest BCUT2D eigenvalue weighted by Gasteiger charge is -2.32. The molecule has 0 bridgehead atoms. The first-order valence-electron chi connectivity index (χ1n) is 14.6. The molecule has 9 nitrogen and oxygen atoms in total. The quantitative estimate of drug-likeness (QED) is 0.157. The Hall–Kier alpha value is -3.44. The fourth-order valence-corrected chi connectivity index (χ4v) is 6.01. The summed E-state index contributed by atoms with van der Waals surface area (Å²) < 4.78 is 15.1. The Morgan fingerprint density at radius 3 is 2.74 bits per heavy atom. The smallest absolute Gasteiger partial charge is 0.231 e. The van der Waals surface area contributed by atoms with Crippen LogP contribution >= 0.6 is 11.6 Å². The molecule has 5 rings (SSSR count). The van der Waals surface area contributed by atoms with Gasteiger partial charge in [-0.2, -0.15) is 0 Å². The first-order chi connectivity index (χ1) is 20.2. The molecule has 0 radical (unpaired) electrons. The Morgan fingerprint density at radius 1 is 1.21 bits per heavy atom. The van der Waals surface area contributed by atoms with Gasteiger partial charge >= 0.3 is 0 Å². The van der Waals surface area contributed by atoms with E-state index in [9.17, 15) is 5.11 Å². The third-order valence-corrected chi connectivity index (χ3v) is 8.22. The van der Waals surface area contributed by atoms with Crippen LogP contribution in [0.15, 0.2) is 52.4 Å². The van der Waals surface area contributed by atoms with Gasteiger partial charge in [-0.15, -0.1) is 0 Å². The van der Waals surface area contributed by atoms with Gasteiger partial charge in [-0.1, -0.05) is 30.2 Å². The van der Waals surface area contributed by atoms with Crippen molar-refractivity contribution in [3.05, 3.63) is 75.1 Å². The number of aliphatic hydroxyl groups is 1. The summed E-state index contributed by atoms with van der Waals surface area (Å²) in [5.74, 6) is -0.368. The molecule has 42 heavy (non-hydrogen) atoms. The predicted molar refractivity (Wildman–Crippen MR) is 167 cm³/mol. The minimum atomic E-state index is -1.12. The number of H-pyrrole nitrogens is 1. The minimum Gasteiger partial charge on any atom is -0.370 e. The summed E-state index contributed by atoms with van der Waals surface area (Å²) in [5, 5.41) is 15.4. The molecule has 9 N–H and O–H groups in total. The second kappa shape index (κ2) is 13.2. The van der Waals surface area contributed by atoms with E-state index in [2.05, 4.69) is 32.4 Å². The number of hydrogen-bond acceptors (Lipinski definition) is 6. The van der Waals surface area contributed by atoms with E-state index in [1.54, 1.807) is 11.0 Å². The van der Waals surface area contributed by atoms with Crippen molar-refractivity contribution < 1.29 is 9.50 Å². The van der Waals surface area contributed by atoms with Gasteiger partial charge in [-0.25, -0.2) is 9.38 Å². The third kappa shape index (κ3) is 7.12. The normalized spacial score (nSPS) is 20.8. The maximum absolute atomic E-state index is 15.1. The fraction of sp³-hybridized carbons (Fsp3) is 0.419. The number of nitrogens with one attached hydrogen (secondary N) is 2. The van der Waals surface area contributed by atoms with Crippen LogP contribution in [0.2, 0.25) is 5.02 Å². The highest BCUT2D eigenvalue weighted by Crippen LogP contribution is 2.30. The number of guanidine groups is 1. The van der Waals surface area contributed by atoms with Crippen molar-refractivity contribution in [1.29, 1.82) is 0 Å². The van der Waals surface area contributed by atoms with Gasteiger partial charge in [-0.3, -0.25) is 4.99 Å². The molecule has 1 unspecified atom stereocenters. The molecule has 2 aromatic carbocycles. The molecule has 0 amide bonds. The third-order valence-electron chi connectivity index (χ3n) is 7.95. The minimum absolute atomic E-state index is 0.0751. The zero-order valence-electron chi connectivity index (χ0n) is 23.9. The summed E-state index contributed by atoms with van der Waals surface area (Å²) in [6.07, 6.45) is 7.38. The van der Waals surface area contributed by atoms with Crippen LogP contribution < -0.4 is 38.1 Å². The lowest BCUT2D eigenvalue weighted by molar-refractivity contribution is 0.186. The highest BCUT2D eigenvalue weighted by molar-refractivity contribution is 6.31. The number of aliphatic imine (C=N–C) groups is 1. The summed E-state index contributed by atoms with van der Waals surface area (Å²) in [6, 6.07) is 14.2. The SMILES string of the molecule is C[C@H](N)CCCc1cc(Cl)c(F)c(-c2cc3c([nH]2)=NC(O)N(c2ccc([C@@H]4CCC[C@H](CCN=C(N)N)N4)cc2)C=3)c1. The van der Waals surface area contributed by atoms with E-state index >= 15 is 4.39 Å². The molecule has 224 valence electrons. The van der Waals surface area contributed by atoms with Gasteiger partial charge in [0.15, 0.2) is 11.8 Å². The molecule has 1 saturated heterocycles. The van der Waals surface area contributed by atoms with Gasteiger partial charge < -0.3 is 37.5 Å². The van der Waals surface area contributed by atoms with Crippen molar-refractivity contribution in [2.75, 3.05) is 11.4 Å². The molecule has 1 aromatic heterocycles. The number of nitrogens with two attached hydrogens (primary N) is 3. The highest BCUT2D eigenvalue weighted by Gasteiger charge is 2.23. The van der Waals surface area contributed by atoms with Crippen LogP contribution in [0.1, 0.15) is 62.6 Å². The molecular formula is C31H40ClFN8O. The summed E-state index contributed by atoms with van der Waals surface area (Å²) in [7, 11) is 0. The van der Waals surface area contributed by atoms with Crippen molar-refractivity contribution in [2.45, 2.75) is 76.3 Å². The zero-order chi connectivity index (χ0) is 29.8. The summed E-state index contributed by atoms with van der Waals surface area (Å²) in [6.45, 7) is 2.58. The Morgan fingerprint density at radius 2 is 2.00 bits per heavy atom. The van der Waals surface area contributed by atoms with Crippen LogP contribution in [0.25, 0.3) is 17.5 Å². The van der Waals surface area contributed by atoms with Crippen molar-refractivity contribution in [3.63, 3.8) is 0 Å². The Bertz CT molecular complexity index is 1530. The van der Waals surface area contributed by atoms with Crippen molar-refractivity contribution in [1.82, 2.24) is 10.3 Å². The van der Waals surface area contributed by atoms with Gasteiger partial charge in [0.1, 0.15) is 5.49 Å². The summed E-state index contributed by atoms with van der Waals surface area (Å²) in [4.78, 5) is 13.4. The first-order valence-corrected chi connectivity index (χ1v) is 15.0. The summed E-state index contributed by atoms with van der Waals surface area (Å²) >= 11 is 6.26. The molecule has 0 spiro atoms. The van der Waals surface area contributed by atoms with Crippen LogP contribution in [-0.2, 0) is 6.42 Å². The second-order valence-electron chi connectivity index (χ2n) is 11.3. The Kier molecular flexibility index (Phi) is 9.47. The largest absolute Gasteiger partial charge is 0.370 e. The number of aromatic nitrogens is 1. The van der Waals surface area contributed by atoms with Gasteiger partial charge in [0, 0.05) is 47.3 Å². The average molecular weight is 595 g/mol. The molecule has 3 heterocycles. The number of piperidine rings is 1. The van der Waals surface area contributed by atoms with E-state index in [-0.39, 0.29) is 23.1 Å².